The molecule has 1 fully saturated rings. The fourth-order valence-electron chi connectivity index (χ4n) is 1.94. The van der Waals surface area contributed by atoms with Crippen LogP contribution in [-0.2, 0) is 4.74 Å². The number of terminal acetylenes is 1. The van der Waals surface area contributed by atoms with E-state index in [0.717, 1.165) is 32.6 Å². The van der Waals surface area contributed by atoms with Crippen molar-refractivity contribution in [1.29, 1.82) is 0 Å². The number of ether oxygens (including phenoxy) is 1. The summed E-state index contributed by atoms with van der Waals surface area (Å²) in [5.74, 6) is 3.39. The van der Waals surface area contributed by atoms with E-state index in [4.69, 9.17) is 11.2 Å². The summed E-state index contributed by atoms with van der Waals surface area (Å²) in [4.78, 5) is 0. The molecule has 2 heteroatoms. The summed E-state index contributed by atoms with van der Waals surface area (Å²) in [5, 5.41) is 3.57. The highest BCUT2D eigenvalue weighted by molar-refractivity contribution is 4.88. The molecule has 1 rings (SSSR count). The minimum absolute atomic E-state index is 0.563. The minimum atomic E-state index is 0.563. The van der Waals surface area contributed by atoms with E-state index in [1.54, 1.807) is 0 Å². The van der Waals surface area contributed by atoms with Crippen LogP contribution in [0.2, 0.25) is 0 Å². The van der Waals surface area contributed by atoms with Crippen LogP contribution in [0.1, 0.15) is 32.6 Å². The Bertz CT molecular complexity index is 179. The van der Waals surface area contributed by atoms with E-state index in [1.807, 2.05) is 0 Å². The highest BCUT2D eigenvalue weighted by atomic mass is 16.5. The molecule has 0 aromatic rings. The van der Waals surface area contributed by atoms with Gasteiger partial charge >= 0.3 is 0 Å². The smallest absolute Gasteiger partial charge is 0.0510 e. The molecule has 2 atom stereocenters. The molecule has 2 unspecified atom stereocenters. The van der Waals surface area contributed by atoms with Crippen LogP contribution in [0.4, 0.5) is 0 Å². The van der Waals surface area contributed by atoms with Crippen molar-refractivity contribution in [1.82, 2.24) is 5.32 Å². The maximum Gasteiger partial charge on any atom is 0.0510 e. The molecule has 0 aliphatic carbocycles. The Kier molecular flexibility index (Phi) is 5.66. The van der Waals surface area contributed by atoms with E-state index in [1.165, 1.54) is 12.8 Å². The fourth-order valence-corrected chi connectivity index (χ4v) is 1.94. The van der Waals surface area contributed by atoms with Crippen molar-refractivity contribution in [2.75, 3.05) is 19.8 Å². The molecule has 1 aliphatic rings. The van der Waals surface area contributed by atoms with Crippen LogP contribution in [0.15, 0.2) is 0 Å². The van der Waals surface area contributed by atoms with Gasteiger partial charge in [0.15, 0.2) is 0 Å². The second-order valence-electron chi connectivity index (χ2n) is 3.93. The first-order valence-corrected chi connectivity index (χ1v) is 5.63. The predicted molar refractivity (Wildman–Crippen MR) is 59.1 cm³/mol. The third kappa shape index (κ3) is 3.69. The van der Waals surface area contributed by atoms with Gasteiger partial charge in [0.25, 0.3) is 0 Å². The topological polar surface area (TPSA) is 21.3 Å². The van der Waals surface area contributed by atoms with Gasteiger partial charge in [-0.2, -0.15) is 0 Å². The van der Waals surface area contributed by atoms with Crippen LogP contribution in [0, 0.1) is 18.3 Å². The average molecular weight is 195 g/mol. The summed E-state index contributed by atoms with van der Waals surface area (Å²) in [6.45, 7) is 5.11. The number of nitrogens with one attached hydrogen (secondary N) is 1. The van der Waals surface area contributed by atoms with Crippen LogP contribution in [-0.4, -0.2) is 25.8 Å². The third-order valence-electron chi connectivity index (χ3n) is 2.79. The van der Waals surface area contributed by atoms with Crippen LogP contribution < -0.4 is 5.32 Å². The highest BCUT2D eigenvalue weighted by Gasteiger charge is 2.24. The lowest BCUT2D eigenvalue weighted by atomic mass is 9.95. The quantitative estimate of drug-likeness (QED) is 0.653. The lowest BCUT2D eigenvalue weighted by Crippen LogP contribution is -2.37. The van der Waals surface area contributed by atoms with E-state index in [2.05, 4.69) is 18.2 Å². The molecule has 0 spiro atoms. The van der Waals surface area contributed by atoms with Crippen LogP contribution in [0.25, 0.3) is 0 Å². The SMILES string of the molecule is C#CCCC(NCCC)C1CCOC1. The second-order valence-corrected chi connectivity index (χ2v) is 3.93. The first-order valence-electron chi connectivity index (χ1n) is 5.63. The largest absolute Gasteiger partial charge is 0.381 e. The fraction of sp³-hybridized carbons (Fsp3) is 0.833. The number of hydrogen-bond donors (Lipinski definition) is 1. The maximum absolute atomic E-state index is 5.41. The summed E-state index contributed by atoms with van der Waals surface area (Å²) in [7, 11) is 0. The zero-order valence-corrected chi connectivity index (χ0v) is 9.09. The van der Waals surface area contributed by atoms with Gasteiger partial charge < -0.3 is 10.1 Å². The molecule has 1 saturated heterocycles. The zero-order valence-electron chi connectivity index (χ0n) is 9.09. The van der Waals surface area contributed by atoms with Crippen molar-refractivity contribution < 1.29 is 4.74 Å². The molecule has 1 heterocycles. The van der Waals surface area contributed by atoms with Gasteiger partial charge in [-0.3, -0.25) is 0 Å². The van der Waals surface area contributed by atoms with Crippen LogP contribution in [0.5, 0.6) is 0 Å². The van der Waals surface area contributed by atoms with Gasteiger partial charge in [-0.15, -0.1) is 12.3 Å². The van der Waals surface area contributed by atoms with E-state index < -0.39 is 0 Å². The van der Waals surface area contributed by atoms with Crippen molar-refractivity contribution in [3.05, 3.63) is 0 Å². The van der Waals surface area contributed by atoms with Crippen molar-refractivity contribution in [3.8, 4) is 12.3 Å². The average Bonchev–Trinajstić information content (AvgIpc) is 2.71. The van der Waals surface area contributed by atoms with Gasteiger partial charge in [0.2, 0.25) is 0 Å². The Balaban J connectivity index is 2.30. The first-order chi connectivity index (χ1) is 6.88. The highest BCUT2D eigenvalue weighted by Crippen LogP contribution is 2.19. The third-order valence-corrected chi connectivity index (χ3v) is 2.79. The molecule has 0 bridgehead atoms. The molecule has 0 aromatic carbocycles. The summed E-state index contributed by atoms with van der Waals surface area (Å²) >= 11 is 0. The lowest BCUT2D eigenvalue weighted by Gasteiger charge is -2.22. The maximum atomic E-state index is 5.41. The first kappa shape index (κ1) is 11.6. The Morgan fingerprint density at radius 1 is 1.64 bits per heavy atom. The van der Waals surface area contributed by atoms with E-state index in [-0.39, 0.29) is 0 Å². The Labute approximate surface area is 87.4 Å². The number of hydrogen-bond acceptors (Lipinski definition) is 2. The van der Waals surface area contributed by atoms with Crippen molar-refractivity contribution in [3.63, 3.8) is 0 Å². The molecule has 14 heavy (non-hydrogen) atoms. The van der Waals surface area contributed by atoms with Gasteiger partial charge in [0.1, 0.15) is 0 Å². The standard InChI is InChI=1S/C12H21NO/c1-3-5-6-12(13-8-4-2)11-7-9-14-10-11/h1,11-13H,4-10H2,2H3. The Morgan fingerprint density at radius 3 is 3.07 bits per heavy atom. The van der Waals surface area contributed by atoms with E-state index in [9.17, 15) is 0 Å². The van der Waals surface area contributed by atoms with Crippen molar-refractivity contribution in [2.45, 2.75) is 38.6 Å². The van der Waals surface area contributed by atoms with Gasteiger partial charge in [0, 0.05) is 19.1 Å². The molecule has 80 valence electrons. The normalized spacial score (nSPS) is 23.3. The summed E-state index contributed by atoms with van der Waals surface area (Å²) in [6, 6.07) is 0.563. The van der Waals surface area contributed by atoms with Crippen LogP contribution >= 0.6 is 0 Å². The van der Waals surface area contributed by atoms with Gasteiger partial charge in [-0.05, 0) is 31.7 Å². The summed E-state index contributed by atoms with van der Waals surface area (Å²) in [6.07, 6.45) is 9.62. The zero-order chi connectivity index (χ0) is 10.2. The molecule has 1 N–H and O–H groups in total. The van der Waals surface area contributed by atoms with Crippen molar-refractivity contribution >= 4 is 0 Å². The summed E-state index contributed by atoms with van der Waals surface area (Å²) in [5.41, 5.74) is 0. The van der Waals surface area contributed by atoms with E-state index in [0.29, 0.717) is 12.0 Å². The van der Waals surface area contributed by atoms with E-state index >= 15 is 0 Å². The summed E-state index contributed by atoms with van der Waals surface area (Å²) < 4.78 is 5.41. The molecule has 0 saturated carbocycles. The molecule has 0 radical (unpaired) electrons. The Hall–Kier alpha value is -0.520. The molecular formula is C12H21NO. The predicted octanol–water partition coefficient (Wildman–Crippen LogP) is 1.80. The van der Waals surface area contributed by atoms with Gasteiger partial charge in [-0.25, -0.2) is 0 Å². The molecule has 2 nitrogen and oxygen atoms in total. The number of rotatable bonds is 6. The lowest BCUT2D eigenvalue weighted by molar-refractivity contribution is 0.175. The molecule has 0 amide bonds. The molecular weight excluding hydrogens is 174 g/mol. The van der Waals surface area contributed by atoms with Crippen LogP contribution in [0.3, 0.4) is 0 Å². The Morgan fingerprint density at radius 2 is 2.50 bits per heavy atom. The monoisotopic (exact) mass is 195 g/mol. The van der Waals surface area contributed by atoms with Crippen molar-refractivity contribution in [2.24, 2.45) is 5.92 Å². The second kappa shape index (κ2) is 6.86. The van der Waals surface area contributed by atoms with Gasteiger partial charge in [-0.1, -0.05) is 6.92 Å². The minimum Gasteiger partial charge on any atom is -0.381 e. The van der Waals surface area contributed by atoms with Gasteiger partial charge in [0.05, 0.1) is 6.61 Å². The molecule has 1 aliphatic heterocycles. The molecule has 0 aromatic heterocycles.